The van der Waals surface area contributed by atoms with Crippen LogP contribution in [0.4, 0.5) is 0 Å². The topological polar surface area (TPSA) is 221 Å². The maximum atomic E-state index is 13.6. The maximum absolute atomic E-state index is 13.6. The van der Waals surface area contributed by atoms with Crippen LogP contribution in [0.5, 0.6) is 5.75 Å². The number of amides is 2. The zero-order valence-corrected chi connectivity index (χ0v) is 23.4. The van der Waals surface area contributed by atoms with E-state index >= 15 is 0 Å². The van der Waals surface area contributed by atoms with E-state index in [-0.39, 0.29) is 41.7 Å². The third kappa shape index (κ3) is 4.10. The van der Waals surface area contributed by atoms with E-state index in [0.717, 1.165) is 12.0 Å². The van der Waals surface area contributed by atoms with Gasteiger partial charge in [0.1, 0.15) is 17.5 Å². The molecule has 1 spiro atoms. The minimum atomic E-state index is -2.66. The highest BCUT2D eigenvalue weighted by atomic mass is 16.5. The quantitative estimate of drug-likeness (QED) is 0.185. The molecule has 0 unspecified atom stereocenters. The van der Waals surface area contributed by atoms with Crippen molar-refractivity contribution in [3.8, 4) is 5.75 Å². The molecule has 0 aliphatic carbocycles. The number of rotatable bonds is 5. The molecule has 1 aromatic heterocycles. The van der Waals surface area contributed by atoms with Crippen molar-refractivity contribution in [2.45, 2.75) is 62.2 Å². The molecular formula is C27H34N10O5. The standard InChI is InChI=1S/C27H34N10O5/c1-13-9-31-17(11-30-13)22(39)32-10-16-20-26(36-23(28)35-20)27(40,41)18(12-37(26)24(29)33-16)34-21(38)14-5-4-6-15-19(14)42-8-7-25(15,2)3/h4-6,9,11,16,18,20,40-41H,7-8,10,12H2,1-3H3,(H2,29,33)(H,32,39)(H,34,38)(H3,28,35,36)/t16-,18-,20-,26-/m0/s1. The average Bonchev–Trinajstić information content (AvgIpc) is 3.41. The first-order valence-electron chi connectivity index (χ1n) is 13.7. The summed E-state index contributed by atoms with van der Waals surface area (Å²) in [6, 6.07) is 2.39. The monoisotopic (exact) mass is 578 g/mol. The zero-order chi connectivity index (χ0) is 30.0. The number of aliphatic hydroxyl groups is 2. The molecule has 2 aromatic rings. The highest BCUT2D eigenvalue weighted by molar-refractivity contribution is 5.98. The number of carbonyl (C=O) groups is 2. The van der Waals surface area contributed by atoms with Gasteiger partial charge in [0, 0.05) is 24.8 Å². The normalized spacial score (nSPS) is 28.2. The van der Waals surface area contributed by atoms with Crippen molar-refractivity contribution in [3.05, 3.63) is 53.1 Å². The van der Waals surface area contributed by atoms with Gasteiger partial charge in [-0.3, -0.25) is 25.4 Å². The summed E-state index contributed by atoms with van der Waals surface area (Å²) in [5, 5.41) is 54.6. The van der Waals surface area contributed by atoms with Gasteiger partial charge < -0.3 is 46.4 Å². The number of nitrogens with one attached hydrogen (secondary N) is 7. The van der Waals surface area contributed by atoms with Gasteiger partial charge in [-0.1, -0.05) is 26.0 Å². The molecule has 0 saturated carbocycles. The molecular weight excluding hydrogens is 544 g/mol. The molecule has 15 nitrogen and oxygen atoms in total. The molecule has 5 heterocycles. The lowest BCUT2D eigenvalue weighted by Crippen LogP contribution is -2.81. The van der Waals surface area contributed by atoms with Crippen molar-refractivity contribution in [1.29, 1.82) is 10.8 Å². The molecule has 0 bridgehead atoms. The Labute approximate surface area is 241 Å². The summed E-state index contributed by atoms with van der Waals surface area (Å²) < 4.78 is 5.89. The largest absolute Gasteiger partial charge is 0.492 e. The molecule has 2 amide bonds. The van der Waals surface area contributed by atoms with E-state index in [0.29, 0.717) is 18.1 Å². The molecule has 3 fully saturated rings. The molecule has 1 aromatic carbocycles. The number of hydrogen-bond donors (Lipinski definition) is 9. The number of hydrogen-bond acceptors (Lipinski definition) is 9. The Kier molecular flexibility index (Phi) is 6.27. The van der Waals surface area contributed by atoms with Crippen LogP contribution >= 0.6 is 0 Å². The van der Waals surface area contributed by atoms with Gasteiger partial charge in [0.2, 0.25) is 5.79 Å². The van der Waals surface area contributed by atoms with E-state index in [4.69, 9.17) is 15.6 Å². The van der Waals surface area contributed by atoms with E-state index in [1.807, 2.05) is 6.07 Å². The first kappa shape index (κ1) is 27.7. The molecule has 6 rings (SSSR count). The van der Waals surface area contributed by atoms with Crippen LogP contribution in [0.25, 0.3) is 0 Å². The number of carbonyl (C=O) groups excluding carboxylic acids is 2. The van der Waals surface area contributed by atoms with Crippen LogP contribution in [-0.4, -0.2) is 98.1 Å². The number of ether oxygens (including phenoxy) is 1. The highest BCUT2D eigenvalue weighted by Crippen LogP contribution is 2.44. The van der Waals surface area contributed by atoms with Crippen LogP contribution < -0.4 is 31.3 Å². The molecule has 0 radical (unpaired) electrons. The lowest BCUT2D eigenvalue weighted by atomic mass is 9.79. The van der Waals surface area contributed by atoms with Crippen molar-refractivity contribution in [2.24, 2.45) is 0 Å². The fourth-order valence-corrected chi connectivity index (χ4v) is 6.34. The summed E-state index contributed by atoms with van der Waals surface area (Å²) in [5.74, 6) is -3.62. The number of para-hydroxylation sites is 1. The molecule has 15 heteroatoms. The van der Waals surface area contributed by atoms with Gasteiger partial charge in [-0.25, -0.2) is 4.98 Å². The number of fused-ring (bicyclic) bond motifs is 1. The Morgan fingerprint density at radius 2 is 1.95 bits per heavy atom. The Bertz CT molecular complexity index is 1480. The van der Waals surface area contributed by atoms with Crippen LogP contribution in [-0.2, 0) is 5.41 Å². The van der Waals surface area contributed by atoms with Crippen molar-refractivity contribution >= 4 is 23.7 Å². The van der Waals surface area contributed by atoms with Crippen molar-refractivity contribution in [1.82, 2.24) is 41.5 Å². The van der Waals surface area contributed by atoms with Crippen LogP contribution in [0.2, 0.25) is 0 Å². The number of guanidine groups is 2. The van der Waals surface area contributed by atoms with Crippen molar-refractivity contribution in [3.63, 3.8) is 0 Å². The summed E-state index contributed by atoms with van der Waals surface area (Å²) >= 11 is 0. The summed E-state index contributed by atoms with van der Waals surface area (Å²) in [7, 11) is 0. The number of aromatic nitrogens is 2. The molecule has 9 N–H and O–H groups in total. The molecule has 42 heavy (non-hydrogen) atoms. The van der Waals surface area contributed by atoms with E-state index in [9.17, 15) is 19.8 Å². The van der Waals surface area contributed by atoms with Crippen molar-refractivity contribution in [2.75, 3.05) is 19.7 Å². The van der Waals surface area contributed by atoms with Crippen LogP contribution in [0.15, 0.2) is 30.6 Å². The van der Waals surface area contributed by atoms with Gasteiger partial charge in [0.05, 0.1) is 36.1 Å². The number of nitrogens with zero attached hydrogens (tertiary/aromatic N) is 3. The summed E-state index contributed by atoms with van der Waals surface area (Å²) in [5.41, 5.74) is -0.0780. The maximum Gasteiger partial charge on any atom is 0.271 e. The molecule has 4 atom stereocenters. The van der Waals surface area contributed by atoms with Gasteiger partial charge in [-0.05, 0) is 24.8 Å². The number of benzene rings is 1. The smallest absolute Gasteiger partial charge is 0.271 e. The third-order valence-electron chi connectivity index (χ3n) is 8.66. The molecule has 4 aliphatic heterocycles. The van der Waals surface area contributed by atoms with Crippen molar-refractivity contribution < 1.29 is 24.5 Å². The van der Waals surface area contributed by atoms with Crippen LogP contribution in [0.1, 0.15) is 52.4 Å². The Balaban J connectivity index is 1.25. The predicted molar refractivity (Wildman–Crippen MR) is 149 cm³/mol. The minimum Gasteiger partial charge on any atom is -0.492 e. The SMILES string of the molecule is Cc1cnc(C(=O)NC[C@@H]2NC(=N)N3C[C@H](NC(=O)c4cccc5c4OCCC5(C)C)C(O)(O)[C@@]34NC(=N)N[C@@H]24)cn1. The highest BCUT2D eigenvalue weighted by Gasteiger charge is 2.74. The lowest BCUT2D eigenvalue weighted by molar-refractivity contribution is -0.232. The van der Waals surface area contributed by atoms with E-state index < -0.39 is 41.4 Å². The number of aryl methyl sites for hydroxylation is 1. The second-order valence-electron chi connectivity index (χ2n) is 11.8. The summed E-state index contributed by atoms with van der Waals surface area (Å²) in [4.78, 5) is 35.8. The fourth-order valence-electron chi connectivity index (χ4n) is 6.34. The van der Waals surface area contributed by atoms with Gasteiger partial charge >= 0.3 is 0 Å². The second-order valence-corrected chi connectivity index (χ2v) is 11.8. The molecule has 3 saturated heterocycles. The lowest BCUT2D eigenvalue weighted by Gasteiger charge is -2.51. The zero-order valence-electron chi connectivity index (χ0n) is 23.4. The third-order valence-corrected chi connectivity index (χ3v) is 8.66. The van der Waals surface area contributed by atoms with E-state index in [1.165, 1.54) is 17.3 Å². The minimum absolute atomic E-state index is 0.0463. The van der Waals surface area contributed by atoms with Crippen LogP contribution in [0, 0.1) is 17.7 Å². The molecule has 4 aliphatic rings. The first-order valence-corrected chi connectivity index (χ1v) is 13.7. The molecule has 222 valence electrons. The Hall–Kier alpha value is -4.50. The van der Waals surface area contributed by atoms with Gasteiger partial charge in [-0.15, -0.1) is 0 Å². The Morgan fingerprint density at radius 1 is 1.17 bits per heavy atom. The van der Waals surface area contributed by atoms with Crippen LogP contribution in [0.3, 0.4) is 0 Å². The van der Waals surface area contributed by atoms with E-state index in [2.05, 4.69) is 50.4 Å². The first-order chi connectivity index (χ1) is 19.8. The van der Waals surface area contributed by atoms with Gasteiger partial charge in [0.25, 0.3) is 11.8 Å². The fraction of sp³-hybridized carbons (Fsp3) is 0.481. The average molecular weight is 579 g/mol. The van der Waals surface area contributed by atoms with E-state index in [1.54, 1.807) is 19.1 Å². The van der Waals surface area contributed by atoms with Gasteiger partial charge in [-0.2, -0.15) is 0 Å². The summed E-state index contributed by atoms with van der Waals surface area (Å²) in [6.07, 6.45) is 3.61. The summed E-state index contributed by atoms with van der Waals surface area (Å²) in [6.45, 7) is 6.16. The van der Waals surface area contributed by atoms with Gasteiger partial charge in [0.15, 0.2) is 17.6 Å². The second kappa shape index (κ2) is 9.52. The predicted octanol–water partition coefficient (Wildman–Crippen LogP) is -1.53. The Morgan fingerprint density at radius 3 is 2.69 bits per heavy atom.